The molecule has 1 saturated heterocycles. The zero-order chi connectivity index (χ0) is 16.2. The van der Waals surface area contributed by atoms with Crippen molar-refractivity contribution in [3.63, 3.8) is 0 Å². The maximum atomic E-state index is 12.3. The van der Waals surface area contributed by atoms with Crippen molar-refractivity contribution >= 4 is 34.9 Å². The van der Waals surface area contributed by atoms with Crippen LogP contribution in [-0.2, 0) is 6.54 Å². The van der Waals surface area contributed by atoms with Gasteiger partial charge in [0.2, 0.25) is 0 Å². The van der Waals surface area contributed by atoms with E-state index >= 15 is 0 Å². The Hall–Kier alpha value is -1.69. The highest BCUT2D eigenvalue weighted by Crippen LogP contribution is 2.25. The molecule has 1 aromatic heterocycles. The average molecular weight is 354 g/mol. The fourth-order valence-electron chi connectivity index (χ4n) is 2.51. The van der Waals surface area contributed by atoms with E-state index in [2.05, 4.69) is 10.2 Å². The molecule has 0 spiro atoms. The number of nitrogens with one attached hydrogen (secondary N) is 1. The minimum Gasteiger partial charge on any atom is -0.468 e. The van der Waals surface area contributed by atoms with Crippen LogP contribution < -0.4 is 5.32 Å². The van der Waals surface area contributed by atoms with E-state index in [-0.39, 0.29) is 6.03 Å². The molecule has 0 aliphatic carbocycles. The molecule has 1 aliphatic rings. The summed E-state index contributed by atoms with van der Waals surface area (Å²) in [4.78, 5) is 16.3. The van der Waals surface area contributed by atoms with E-state index in [9.17, 15) is 4.79 Å². The second kappa shape index (κ2) is 7.25. The molecule has 1 fully saturated rings. The third-order valence-corrected chi connectivity index (χ3v) is 4.53. The maximum Gasteiger partial charge on any atom is 0.321 e. The Morgan fingerprint density at radius 3 is 2.57 bits per heavy atom. The predicted molar refractivity (Wildman–Crippen MR) is 91.0 cm³/mol. The molecule has 0 unspecified atom stereocenters. The van der Waals surface area contributed by atoms with E-state index in [0.717, 1.165) is 25.4 Å². The van der Waals surface area contributed by atoms with E-state index in [1.54, 1.807) is 29.4 Å². The van der Waals surface area contributed by atoms with Crippen LogP contribution in [-0.4, -0.2) is 42.0 Å². The summed E-state index contributed by atoms with van der Waals surface area (Å²) in [7, 11) is 0. The number of benzene rings is 1. The van der Waals surface area contributed by atoms with Crippen LogP contribution in [0.25, 0.3) is 0 Å². The van der Waals surface area contributed by atoms with Crippen LogP contribution in [0.1, 0.15) is 5.76 Å². The first-order chi connectivity index (χ1) is 11.1. The molecule has 2 heterocycles. The largest absolute Gasteiger partial charge is 0.468 e. The molecule has 5 nitrogen and oxygen atoms in total. The minimum absolute atomic E-state index is 0.124. The summed E-state index contributed by atoms with van der Waals surface area (Å²) in [6.07, 6.45) is 1.68. The summed E-state index contributed by atoms with van der Waals surface area (Å²) in [5.41, 5.74) is 0.641. The summed E-state index contributed by atoms with van der Waals surface area (Å²) < 4.78 is 5.35. The first kappa shape index (κ1) is 16.2. The average Bonchev–Trinajstić information content (AvgIpc) is 3.04. The van der Waals surface area contributed by atoms with Gasteiger partial charge in [-0.3, -0.25) is 4.90 Å². The first-order valence-electron chi connectivity index (χ1n) is 7.37. The number of hydrogen-bond donors (Lipinski definition) is 1. The lowest BCUT2D eigenvalue weighted by Gasteiger charge is -2.34. The molecule has 0 radical (unpaired) electrons. The van der Waals surface area contributed by atoms with Gasteiger partial charge in [-0.2, -0.15) is 0 Å². The number of hydrogen-bond acceptors (Lipinski definition) is 3. The van der Waals surface area contributed by atoms with Crippen LogP contribution in [0.4, 0.5) is 10.5 Å². The zero-order valence-corrected chi connectivity index (χ0v) is 14.0. The summed E-state index contributed by atoms with van der Waals surface area (Å²) in [5.74, 6) is 0.943. The summed E-state index contributed by atoms with van der Waals surface area (Å²) >= 11 is 11.8. The Bertz CT molecular complexity index is 668. The van der Waals surface area contributed by atoms with Crippen molar-refractivity contribution in [1.82, 2.24) is 9.80 Å². The Kier molecular flexibility index (Phi) is 5.10. The van der Waals surface area contributed by atoms with Gasteiger partial charge in [0.1, 0.15) is 5.76 Å². The molecule has 2 aromatic rings. The standard InChI is InChI=1S/C16H17Cl2N3O2/c17-14-4-3-12(10-15(14)18)19-16(22)21-7-5-20(6-8-21)11-13-2-1-9-23-13/h1-4,9-10H,5-8,11H2,(H,19,22). The number of urea groups is 1. The van der Waals surface area contributed by atoms with E-state index in [1.165, 1.54) is 0 Å². The molecule has 7 heteroatoms. The van der Waals surface area contributed by atoms with Crippen LogP contribution in [0.3, 0.4) is 0 Å². The molecular formula is C16H17Cl2N3O2. The third-order valence-electron chi connectivity index (χ3n) is 3.79. The van der Waals surface area contributed by atoms with Crippen molar-refractivity contribution in [3.05, 3.63) is 52.4 Å². The summed E-state index contributed by atoms with van der Waals surface area (Å²) in [6, 6.07) is 8.77. The van der Waals surface area contributed by atoms with Gasteiger partial charge in [-0.15, -0.1) is 0 Å². The van der Waals surface area contributed by atoms with E-state index < -0.39 is 0 Å². The van der Waals surface area contributed by atoms with Crippen LogP contribution in [0, 0.1) is 0 Å². The Balaban J connectivity index is 1.50. The second-order valence-corrected chi connectivity index (χ2v) is 6.22. The Labute approximate surface area is 144 Å². The van der Waals surface area contributed by atoms with Gasteiger partial charge in [0.05, 0.1) is 22.9 Å². The van der Waals surface area contributed by atoms with Crippen molar-refractivity contribution in [1.29, 1.82) is 0 Å². The number of furan rings is 1. The van der Waals surface area contributed by atoms with Gasteiger partial charge in [0, 0.05) is 31.9 Å². The van der Waals surface area contributed by atoms with Crippen LogP contribution in [0.2, 0.25) is 10.0 Å². The molecule has 3 rings (SSSR count). The second-order valence-electron chi connectivity index (χ2n) is 5.40. The number of carbonyl (C=O) groups is 1. The predicted octanol–water partition coefficient (Wildman–Crippen LogP) is 3.94. The van der Waals surface area contributed by atoms with Gasteiger partial charge < -0.3 is 14.6 Å². The van der Waals surface area contributed by atoms with Crippen molar-refractivity contribution in [3.8, 4) is 0 Å². The Morgan fingerprint density at radius 2 is 1.91 bits per heavy atom. The highest BCUT2D eigenvalue weighted by Gasteiger charge is 2.21. The topological polar surface area (TPSA) is 48.7 Å². The Morgan fingerprint density at radius 1 is 1.13 bits per heavy atom. The molecule has 0 atom stereocenters. The number of carbonyl (C=O) groups excluding carboxylic acids is 1. The smallest absolute Gasteiger partial charge is 0.321 e. The van der Waals surface area contributed by atoms with Crippen molar-refractivity contribution in [2.75, 3.05) is 31.5 Å². The van der Waals surface area contributed by atoms with Crippen LogP contribution >= 0.6 is 23.2 Å². The summed E-state index contributed by atoms with van der Waals surface area (Å²) in [6.45, 7) is 3.75. The first-order valence-corrected chi connectivity index (χ1v) is 8.13. The monoisotopic (exact) mass is 353 g/mol. The highest BCUT2D eigenvalue weighted by atomic mass is 35.5. The lowest BCUT2D eigenvalue weighted by molar-refractivity contribution is 0.137. The molecule has 0 saturated carbocycles. The van der Waals surface area contributed by atoms with Crippen molar-refractivity contribution in [2.45, 2.75) is 6.54 Å². The number of amides is 2. The van der Waals surface area contributed by atoms with Crippen molar-refractivity contribution in [2.24, 2.45) is 0 Å². The molecule has 1 aliphatic heterocycles. The lowest BCUT2D eigenvalue weighted by Crippen LogP contribution is -2.49. The molecule has 1 N–H and O–H groups in total. The normalized spacial score (nSPS) is 15.7. The lowest BCUT2D eigenvalue weighted by atomic mass is 10.3. The summed E-state index contributed by atoms with van der Waals surface area (Å²) in [5, 5.41) is 3.74. The SMILES string of the molecule is O=C(Nc1ccc(Cl)c(Cl)c1)N1CCN(Cc2ccco2)CC1. The number of anilines is 1. The fraction of sp³-hybridized carbons (Fsp3) is 0.312. The zero-order valence-electron chi connectivity index (χ0n) is 12.5. The molecule has 2 amide bonds. The van der Waals surface area contributed by atoms with Gasteiger partial charge in [-0.05, 0) is 30.3 Å². The van der Waals surface area contributed by atoms with Gasteiger partial charge in [-0.25, -0.2) is 4.79 Å². The molecule has 1 aromatic carbocycles. The van der Waals surface area contributed by atoms with Gasteiger partial charge in [0.15, 0.2) is 0 Å². The molecule has 122 valence electrons. The number of halogens is 2. The van der Waals surface area contributed by atoms with Gasteiger partial charge in [0.25, 0.3) is 0 Å². The maximum absolute atomic E-state index is 12.3. The fourth-order valence-corrected chi connectivity index (χ4v) is 2.81. The number of nitrogens with zero attached hydrogens (tertiary/aromatic N) is 2. The van der Waals surface area contributed by atoms with E-state index in [1.807, 2.05) is 12.1 Å². The minimum atomic E-state index is -0.124. The number of piperazine rings is 1. The quantitative estimate of drug-likeness (QED) is 0.909. The van der Waals surface area contributed by atoms with E-state index in [0.29, 0.717) is 28.8 Å². The van der Waals surface area contributed by atoms with Crippen LogP contribution in [0.5, 0.6) is 0 Å². The number of rotatable bonds is 3. The highest BCUT2D eigenvalue weighted by molar-refractivity contribution is 6.42. The van der Waals surface area contributed by atoms with Crippen LogP contribution in [0.15, 0.2) is 41.0 Å². The molecular weight excluding hydrogens is 337 g/mol. The third kappa shape index (κ3) is 4.19. The molecule has 23 heavy (non-hydrogen) atoms. The van der Waals surface area contributed by atoms with Gasteiger partial charge >= 0.3 is 6.03 Å². The van der Waals surface area contributed by atoms with Gasteiger partial charge in [-0.1, -0.05) is 23.2 Å². The van der Waals surface area contributed by atoms with Crippen molar-refractivity contribution < 1.29 is 9.21 Å². The van der Waals surface area contributed by atoms with E-state index in [4.69, 9.17) is 27.6 Å². The molecule has 0 bridgehead atoms.